The Bertz CT molecular complexity index is 902. The van der Waals surface area contributed by atoms with Crippen molar-refractivity contribution in [3.8, 4) is 11.5 Å². The van der Waals surface area contributed by atoms with Gasteiger partial charge in [0.05, 0.1) is 24.2 Å². The highest BCUT2D eigenvalue weighted by molar-refractivity contribution is 7.89. The van der Waals surface area contributed by atoms with Crippen LogP contribution < -0.4 is 19.6 Å². The minimum absolute atomic E-state index is 0.00916. The molecule has 0 spiro atoms. The van der Waals surface area contributed by atoms with Crippen LogP contribution in [0.25, 0.3) is 0 Å². The molecular weight excluding hydrogens is 368 g/mol. The molecular formula is C19H26N2O5S. The number of H-pyrrole nitrogens is 1. The first-order valence-corrected chi connectivity index (χ1v) is 10.3. The van der Waals surface area contributed by atoms with Crippen LogP contribution in [-0.2, 0) is 16.6 Å². The number of pyridine rings is 1. The number of hydrogen-bond acceptors (Lipinski definition) is 5. The average molecular weight is 394 g/mol. The van der Waals surface area contributed by atoms with Crippen LogP contribution in [0.15, 0.2) is 46.2 Å². The second-order valence-corrected chi connectivity index (χ2v) is 8.62. The number of benzene rings is 1. The molecule has 0 unspecified atom stereocenters. The van der Waals surface area contributed by atoms with Crippen LogP contribution in [0.2, 0.25) is 0 Å². The zero-order valence-corrected chi connectivity index (χ0v) is 16.8. The van der Waals surface area contributed by atoms with Gasteiger partial charge in [-0.2, -0.15) is 0 Å². The third kappa shape index (κ3) is 6.41. The largest absolute Gasteiger partial charge is 0.491 e. The fourth-order valence-corrected chi connectivity index (χ4v) is 3.20. The van der Waals surface area contributed by atoms with E-state index in [0.717, 1.165) is 0 Å². The van der Waals surface area contributed by atoms with Crippen molar-refractivity contribution in [2.45, 2.75) is 45.2 Å². The average Bonchev–Trinajstić information content (AvgIpc) is 2.59. The van der Waals surface area contributed by atoms with Crippen LogP contribution in [0, 0.1) is 5.92 Å². The molecule has 1 heterocycles. The van der Waals surface area contributed by atoms with Crippen molar-refractivity contribution in [3.05, 3.63) is 52.4 Å². The number of sulfonamides is 1. The van der Waals surface area contributed by atoms with Gasteiger partial charge in [-0.3, -0.25) is 4.79 Å². The SMILES string of the molecule is CC(C)COc1c[nH]c(CNS(=O)(=O)c2ccc(OC(C)C)cc2)cc1=O. The smallest absolute Gasteiger partial charge is 0.240 e. The molecule has 0 aliphatic heterocycles. The highest BCUT2D eigenvalue weighted by Gasteiger charge is 2.14. The lowest BCUT2D eigenvalue weighted by molar-refractivity contribution is 0.242. The lowest BCUT2D eigenvalue weighted by Gasteiger charge is -2.11. The maximum atomic E-state index is 12.4. The third-order valence-corrected chi connectivity index (χ3v) is 4.88. The van der Waals surface area contributed by atoms with Crippen LogP contribution in [0.5, 0.6) is 11.5 Å². The standard InChI is InChI=1S/C19H26N2O5S/c1-13(2)12-25-19-11-20-15(9-18(19)22)10-21-27(23,24)17-7-5-16(6-8-17)26-14(3)4/h5-9,11,13-14,21H,10,12H2,1-4H3,(H,20,22). The van der Waals surface area contributed by atoms with Gasteiger partial charge in [-0.05, 0) is 44.0 Å². The molecule has 0 aliphatic carbocycles. The van der Waals surface area contributed by atoms with Gasteiger partial charge in [0.1, 0.15) is 5.75 Å². The summed E-state index contributed by atoms with van der Waals surface area (Å²) in [7, 11) is -3.71. The lowest BCUT2D eigenvalue weighted by atomic mass is 10.2. The predicted octanol–water partition coefficient (Wildman–Crippen LogP) is 2.68. The Morgan fingerprint density at radius 2 is 1.78 bits per heavy atom. The van der Waals surface area contributed by atoms with Crippen molar-refractivity contribution in [2.24, 2.45) is 5.92 Å². The summed E-state index contributed by atoms with van der Waals surface area (Å²) in [6, 6.07) is 7.50. The zero-order valence-electron chi connectivity index (χ0n) is 16.0. The van der Waals surface area contributed by atoms with Crippen molar-refractivity contribution in [2.75, 3.05) is 6.61 Å². The van der Waals surface area contributed by atoms with Crippen molar-refractivity contribution >= 4 is 10.0 Å². The summed E-state index contributed by atoms with van der Waals surface area (Å²) in [6.07, 6.45) is 1.46. The van der Waals surface area contributed by atoms with Crippen LogP contribution >= 0.6 is 0 Å². The monoisotopic (exact) mass is 394 g/mol. The number of aromatic nitrogens is 1. The minimum atomic E-state index is -3.71. The highest BCUT2D eigenvalue weighted by Crippen LogP contribution is 2.17. The number of hydrogen-bond donors (Lipinski definition) is 2. The highest BCUT2D eigenvalue weighted by atomic mass is 32.2. The van der Waals surface area contributed by atoms with E-state index in [-0.39, 0.29) is 28.7 Å². The van der Waals surface area contributed by atoms with Crippen LogP contribution in [0.1, 0.15) is 33.4 Å². The minimum Gasteiger partial charge on any atom is -0.491 e. The molecule has 0 amide bonds. The van der Waals surface area contributed by atoms with Gasteiger partial charge in [0.15, 0.2) is 5.75 Å². The molecule has 0 atom stereocenters. The second-order valence-electron chi connectivity index (χ2n) is 6.85. The molecule has 148 valence electrons. The van der Waals surface area contributed by atoms with Crippen molar-refractivity contribution in [3.63, 3.8) is 0 Å². The van der Waals surface area contributed by atoms with E-state index in [1.54, 1.807) is 12.1 Å². The van der Waals surface area contributed by atoms with E-state index in [2.05, 4.69) is 9.71 Å². The van der Waals surface area contributed by atoms with E-state index in [9.17, 15) is 13.2 Å². The Morgan fingerprint density at radius 3 is 2.33 bits per heavy atom. The van der Waals surface area contributed by atoms with E-state index in [4.69, 9.17) is 9.47 Å². The molecule has 8 heteroatoms. The summed E-state index contributed by atoms with van der Waals surface area (Å²) in [5.74, 6) is 1.12. The van der Waals surface area contributed by atoms with E-state index >= 15 is 0 Å². The molecule has 0 saturated heterocycles. The van der Waals surface area contributed by atoms with Gasteiger partial charge in [0.25, 0.3) is 0 Å². The summed E-state index contributed by atoms with van der Waals surface area (Å²) in [5.41, 5.74) is 0.152. The van der Waals surface area contributed by atoms with Gasteiger partial charge in [-0.1, -0.05) is 13.8 Å². The van der Waals surface area contributed by atoms with Crippen molar-refractivity contribution < 1.29 is 17.9 Å². The Kier molecular flexibility index (Phi) is 7.04. The Morgan fingerprint density at radius 1 is 1.11 bits per heavy atom. The molecule has 0 aliphatic rings. The molecule has 27 heavy (non-hydrogen) atoms. The molecule has 0 radical (unpaired) electrons. The van der Waals surface area contributed by atoms with Gasteiger partial charge in [-0.25, -0.2) is 13.1 Å². The fourth-order valence-electron chi connectivity index (χ4n) is 2.20. The molecule has 1 aromatic carbocycles. The first kappa shape index (κ1) is 21.0. The maximum absolute atomic E-state index is 12.4. The van der Waals surface area contributed by atoms with Gasteiger partial charge in [0, 0.05) is 18.0 Å². The number of ether oxygens (including phenoxy) is 2. The first-order chi connectivity index (χ1) is 12.7. The third-order valence-electron chi connectivity index (χ3n) is 3.47. The lowest BCUT2D eigenvalue weighted by Crippen LogP contribution is -2.24. The van der Waals surface area contributed by atoms with Gasteiger partial charge < -0.3 is 14.5 Å². The summed E-state index contributed by atoms with van der Waals surface area (Å²) < 4.78 is 38.2. The quantitative estimate of drug-likeness (QED) is 0.681. The number of aromatic amines is 1. The van der Waals surface area contributed by atoms with Crippen LogP contribution in [-0.4, -0.2) is 26.1 Å². The van der Waals surface area contributed by atoms with Crippen LogP contribution in [0.4, 0.5) is 0 Å². The fraction of sp³-hybridized carbons (Fsp3) is 0.421. The Hall–Kier alpha value is -2.32. The maximum Gasteiger partial charge on any atom is 0.240 e. The molecule has 1 aromatic heterocycles. The molecule has 2 aromatic rings. The van der Waals surface area contributed by atoms with E-state index in [1.807, 2.05) is 27.7 Å². The summed E-state index contributed by atoms with van der Waals surface area (Å²) in [6.45, 7) is 8.16. The van der Waals surface area contributed by atoms with Gasteiger partial charge in [-0.15, -0.1) is 0 Å². The van der Waals surface area contributed by atoms with Gasteiger partial charge >= 0.3 is 0 Å². The molecule has 2 rings (SSSR count). The first-order valence-electron chi connectivity index (χ1n) is 8.78. The molecule has 0 fully saturated rings. The topological polar surface area (TPSA) is 97.5 Å². The zero-order chi connectivity index (χ0) is 20.0. The molecule has 2 N–H and O–H groups in total. The molecule has 7 nitrogen and oxygen atoms in total. The summed E-state index contributed by atoms with van der Waals surface area (Å²) in [5, 5.41) is 0. The van der Waals surface area contributed by atoms with Gasteiger partial charge in [0.2, 0.25) is 15.5 Å². The Balaban J connectivity index is 2.02. The summed E-state index contributed by atoms with van der Waals surface area (Å²) in [4.78, 5) is 15.0. The van der Waals surface area contributed by atoms with E-state index < -0.39 is 10.0 Å². The number of nitrogens with one attached hydrogen (secondary N) is 2. The van der Waals surface area contributed by atoms with Crippen LogP contribution in [0.3, 0.4) is 0 Å². The second kappa shape index (κ2) is 9.05. The molecule has 0 saturated carbocycles. The Labute approximate surface area is 159 Å². The number of rotatable bonds is 9. The van der Waals surface area contributed by atoms with Crippen molar-refractivity contribution in [1.82, 2.24) is 9.71 Å². The normalized spacial score (nSPS) is 11.8. The molecule has 0 bridgehead atoms. The predicted molar refractivity (Wildman–Crippen MR) is 104 cm³/mol. The van der Waals surface area contributed by atoms with Crippen molar-refractivity contribution in [1.29, 1.82) is 0 Å². The summed E-state index contributed by atoms with van der Waals surface area (Å²) >= 11 is 0. The van der Waals surface area contributed by atoms with E-state index in [1.165, 1.54) is 24.4 Å². The van der Waals surface area contributed by atoms with E-state index in [0.29, 0.717) is 24.0 Å².